The zero-order chi connectivity index (χ0) is 22.5. The minimum Gasteiger partial charge on any atom is -0.493 e. The maximum absolute atomic E-state index is 12.3. The van der Waals surface area contributed by atoms with Crippen molar-refractivity contribution in [2.45, 2.75) is 6.61 Å². The van der Waals surface area contributed by atoms with Gasteiger partial charge in [0.15, 0.2) is 17.2 Å². The minimum atomic E-state index is -0.508. The van der Waals surface area contributed by atoms with Gasteiger partial charge in [-0.25, -0.2) is 9.79 Å². The van der Waals surface area contributed by atoms with Gasteiger partial charge >= 0.3 is 5.97 Å². The highest BCUT2D eigenvalue weighted by molar-refractivity contribution is 14.1. The number of nitriles is 1. The van der Waals surface area contributed by atoms with E-state index in [1.54, 1.807) is 25.3 Å². The van der Waals surface area contributed by atoms with Crippen molar-refractivity contribution in [3.8, 4) is 17.6 Å². The molecule has 7 heteroatoms. The molecule has 0 aromatic heterocycles. The van der Waals surface area contributed by atoms with E-state index in [9.17, 15) is 10.1 Å². The number of ether oxygens (including phenoxy) is 3. The quantitative estimate of drug-likeness (QED) is 0.249. The molecule has 0 bridgehead atoms. The number of benzene rings is 3. The molecule has 0 amide bonds. The van der Waals surface area contributed by atoms with Crippen LogP contribution in [0.1, 0.15) is 22.3 Å². The van der Waals surface area contributed by atoms with Gasteiger partial charge in [0.1, 0.15) is 6.61 Å². The van der Waals surface area contributed by atoms with Crippen LogP contribution in [-0.4, -0.2) is 19.0 Å². The summed E-state index contributed by atoms with van der Waals surface area (Å²) in [6, 6.07) is 22.3. The lowest BCUT2D eigenvalue weighted by atomic mass is 10.1. The summed E-state index contributed by atoms with van der Waals surface area (Å²) >= 11 is 2.15. The molecule has 4 rings (SSSR count). The Balaban J connectivity index is 1.60. The fourth-order valence-corrected chi connectivity index (χ4v) is 3.92. The van der Waals surface area contributed by atoms with Crippen molar-refractivity contribution in [3.05, 3.63) is 98.3 Å². The van der Waals surface area contributed by atoms with Gasteiger partial charge in [-0.1, -0.05) is 36.4 Å². The third kappa shape index (κ3) is 4.65. The van der Waals surface area contributed by atoms with Crippen molar-refractivity contribution in [1.29, 1.82) is 5.26 Å². The van der Waals surface area contributed by atoms with Crippen LogP contribution in [-0.2, 0) is 16.1 Å². The van der Waals surface area contributed by atoms with E-state index in [2.05, 4.69) is 33.7 Å². The summed E-state index contributed by atoms with van der Waals surface area (Å²) in [4.78, 5) is 16.6. The van der Waals surface area contributed by atoms with Crippen molar-refractivity contribution >= 4 is 40.5 Å². The highest BCUT2D eigenvalue weighted by Crippen LogP contribution is 2.35. The fraction of sp³-hybridized carbons (Fsp3) is 0.0800. The summed E-state index contributed by atoms with van der Waals surface area (Å²) in [5.74, 6) is 0.841. The predicted molar refractivity (Wildman–Crippen MR) is 128 cm³/mol. The van der Waals surface area contributed by atoms with Gasteiger partial charge in [0, 0.05) is 11.1 Å². The number of nitrogens with zero attached hydrogens (tertiary/aromatic N) is 2. The molecule has 158 valence electrons. The van der Waals surface area contributed by atoms with Crippen molar-refractivity contribution in [2.24, 2.45) is 4.99 Å². The number of halogens is 1. The van der Waals surface area contributed by atoms with Crippen LogP contribution in [0.5, 0.6) is 11.5 Å². The third-order valence-corrected chi connectivity index (χ3v) is 5.51. The van der Waals surface area contributed by atoms with Crippen LogP contribution in [0.15, 0.2) is 77.4 Å². The average molecular weight is 536 g/mol. The van der Waals surface area contributed by atoms with Gasteiger partial charge in [-0.05, 0) is 64.6 Å². The summed E-state index contributed by atoms with van der Waals surface area (Å²) in [6.45, 7) is 0.230. The summed E-state index contributed by atoms with van der Waals surface area (Å²) in [5, 5.41) is 9.27. The van der Waals surface area contributed by atoms with Crippen LogP contribution < -0.4 is 9.47 Å². The third-order valence-electron chi connectivity index (χ3n) is 4.71. The number of esters is 1. The molecule has 0 N–H and O–H groups in total. The van der Waals surface area contributed by atoms with Gasteiger partial charge < -0.3 is 14.2 Å². The van der Waals surface area contributed by atoms with Crippen molar-refractivity contribution in [3.63, 3.8) is 0 Å². The zero-order valence-corrected chi connectivity index (χ0v) is 19.2. The topological polar surface area (TPSA) is 80.9 Å². The Labute approximate surface area is 198 Å². The number of cyclic esters (lactones) is 1. The first-order valence-corrected chi connectivity index (χ1v) is 10.7. The molecule has 1 heterocycles. The van der Waals surface area contributed by atoms with Crippen LogP contribution >= 0.6 is 22.6 Å². The van der Waals surface area contributed by atoms with Crippen LogP contribution in [0.4, 0.5) is 0 Å². The largest absolute Gasteiger partial charge is 0.493 e. The Bertz CT molecular complexity index is 1280. The molecule has 3 aromatic rings. The molecule has 0 saturated carbocycles. The molecule has 6 nitrogen and oxygen atoms in total. The van der Waals surface area contributed by atoms with E-state index < -0.39 is 5.97 Å². The Kier molecular flexibility index (Phi) is 6.52. The SMILES string of the molecule is COc1cc(C=C2N=C(c3ccccc3)OC2=O)cc(I)c1OCc1ccccc1C#N. The highest BCUT2D eigenvalue weighted by atomic mass is 127. The number of carbonyl (C=O) groups is 1. The maximum Gasteiger partial charge on any atom is 0.363 e. The van der Waals surface area contributed by atoms with E-state index in [0.717, 1.165) is 20.3 Å². The van der Waals surface area contributed by atoms with Crippen LogP contribution in [0.3, 0.4) is 0 Å². The molecular weight excluding hydrogens is 519 g/mol. The number of methoxy groups -OCH3 is 1. The molecule has 0 spiro atoms. The van der Waals surface area contributed by atoms with Crippen LogP contribution in [0.2, 0.25) is 0 Å². The lowest BCUT2D eigenvalue weighted by Gasteiger charge is -2.14. The summed E-state index contributed by atoms with van der Waals surface area (Å²) in [5.41, 5.74) is 3.02. The summed E-state index contributed by atoms with van der Waals surface area (Å²) < 4.78 is 17.6. The fourth-order valence-electron chi connectivity index (χ4n) is 3.14. The molecule has 0 saturated heterocycles. The standard InChI is InChI=1S/C25H17IN2O4/c1-30-22-13-16(12-21-25(29)32-24(28-21)17-7-3-2-4-8-17)11-20(26)23(22)31-15-19-10-6-5-9-18(19)14-27/h2-13H,15H2,1H3. The number of hydrogen-bond donors (Lipinski definition) is 0. The lowest BCUT2D eigenvalue weighted by molar-refractivity contribution is -0.129. The van der Waals surface area contributed by atoms with E-state index in [1.807, 2.05) is 54.6 Å². The second-order valence-electron chi connectivity index (χ2n) is 6.79. The summed E-state index contributed by atoms with van der Waals surface area (Å²) in [7, 11) is 1.55. The van der Waals surface area contributed by atoms with E-state index in [4.69, 9.17) is 14.2 Å². The van der Waals surface area contributed by atoms with Crippen LogP contribution in [0.25, 0.3) is 6.08 Å². The smallest absolute Gasteiger partial charge is 0.363 e. The van der Waals surface area contributed by atoms with E-state index in [1.165, 1.54) is 0 Å². The van der Waals surface area contributed by atoms with Crippen molar-refractivity contribution in [2.75, 3.05) is 7.11 Å². The molecule has 0 unspecified atom stereocenters. The minimum absolute atomic E-state index is 0.207. The normalized spacial score (nSPS) is 14.0. The van der Waals surface area contributed by atoms with E-state index in [0.29, 0.717) is 17.1 Å². The highest BCUT2D eigenvalue weighted by Gasteiger charge is 2.24. The van der Waals surface area contributed by atoms with Crippen molar-refractivity contribution in [1.82, 2.24) is 0 Å². The molecule has 3 aromatic carbocycles. The first-order valence-electron chi connectivity index (χ1n) is 9.65. The monoisotopic (exact) mass is 536 g/mol. The Hall–Kier alpha value is -3.64. The number of hydrogen-bond acceptors (Lipinski definition) is 6. The zero-order valence-electron chi connectivity index (χ0n) is 17.0. The van der Waals surface area contributed by atoms with Gasteiger partial charge in [-0.3, -0.25) is 0 Å². The number of carbonyl (C=O) groups excluding carboxylic acids is 1. The molecule has 0 aliphatic carbocycles. The lowest BCUT2D eigenvalue weighted by Crippen LogP contribution is -2.05. The number of aliphatic imine (C=N–C) groups is 1. The average Bonchev–Trinajstić information content (AvgIpc) is 3.18. The maximum atomic E-state index is 12.3. The molecule has 0 radical (unpaired) electrons. The van der Waals surface area contributed by atoms with Gasteiger partial charge in [-0.15, -0.1) is 0 Å². The van der Waals surface area contributed by atoms with Crippen molar-refractivity contribution < 1.29 is 19.0 Å². The number of rotatable bonds is 6. The molecule has 1 aliphatic heterocycles. The predicted octanol–water partition coefficient (Wildman–Crippen LogP) is 5.09. The van der Waals surface area contributed by atoms with Gasteiger partial charge in [0.2, 0.25) is 5.90 Å². The Morgan fingerprint density at radius 3 is 2.62 bits per heavy atom. The Morgan fingerprint density at radius 1 is 1.12 bits per heavy atom. The first-order chi connectivity index (χ1) is 15.6. The molecule has 1 aliphatic rings. The van der Waals surface area contributed by atoms with E-state index >= 15 is 0 Å². The van der Waals surface area contributed by atoms with Gasteiger partial charge in [0.25, 0.3) is 0 Å². The Morgan fingerprint density at radius 2 is 1.88 bits per heavy atom. The van der Waals surface area contributed by atoms with E-state index in [-0.39, 0.29) is 18.2 Å². The first kappa shape index (κ1) is 21.6. The summed E-state index contributed by atoms with van der Waals surface area (Å²) in [6.07, 6.45) is 1.65. The van der Waals surface area contributed by atoms with Gasteiger partial charge in [0.05, 0.1) is 22.3 Å². The van der Waals surface area contributed by atoms with Gasteiger partial charge in [-0.2, -0.15) is 5.26 Å². The molecular formula is C25H17IN2O4. The second-order valence-corrected chi connectivity index (χ2v) is 7.96. The van der Waals surface area contributed by atoms with Crippen LogP contribution in [0, 0.1) is 14.9 Å². The second kappa shape index (κ2) is 9.66. The molecule has 32 heavy (non-hydrogen) atoms. The molecule has 0 atom stereocenters. The molecule has 0 fully saturated rings.